The van der Waals surface area contributed by atoms with Gasteiger partial charge in [0.1, 0.15) is 11.9 Å². The molecule has 1 fully saturated rings. The van der Waals surface area contributed by atoms with Crippen LogP contribution in [0.5, 0.6) is 5.75 Å². The normalized spacial score (nSPS) is 19.8. The van der Waals surface area contributed by atoms with Crippen LogP contribution in [0.1, 0.15) is 48.7 Å². The molecule has 0 saturated carbocycles. The molecular formula is C27H33FN2O3S. The van der Waals surface area contributed by atoms with Crippen LogP contribution in [0.2, 0.25) is 0 Å². The summed E-state index contributed by atoms with van der Waals surface area (Å²) in [4.78, 5) is 20.0. The van der Waals surface area contributed by atoms with Crippen LogP contribution in [0, 0.1) is 11.8 Å². The van der Waals surface area contributed by atoms with Gasteiger partial charge in [0, 0.05) is 23.0 Å². The average Bonchev–Trinajstić information content (AvgIpc) is 3.38. The predicted octanol–water partition coefficient (Wildman–Crippen LogP) is 6.14. The number of fused-ring (bicyclic) bond motifs is 1. The number of likely N-dealkylation sites (tertiary alicyclic amines) is 1. The third-order valence-corrected chi connectivity index (χ3v) is 7.93. The number of benzene rings is 1. The first-order valence-corrected chi connectivity index (χ1v) is 13.0. The number of nitrogens with zero attached hydrogens (tertiary/aromatic N) is 2. The van der Waals surface area contributed by atoms with E-state index in [1.165, 1.54) is 4.88 Å². The highest BCUT2D eigenvalue weighted by atomic mass is 32.1. The van der Waals surface area contributed by atoms with Gasteiger partial charge in [0.15, 0.2) is 0 Å². The number of pyridine rings is 1. The number of carboxylic acid groups (broad SMARTS) is 1. The van der Waals surface area contributed by atoms with Crippen LogP contribution >= 0.6 is 11.3 Å². The largest absolute Gasteiger partial charge is 0.497 e. The van der Waals surface area contributed by atoms with Gasteiger partial charge >= 0.3 is 5.97 Å². The van der Waals surface area contributed by atoms with Crippen LogP contribution in [-0.2, 0) is 11.2 Å². The van der Waals surface area contributed by atoms with Gasteiger partial charge in [0.25, 0.3) is 0 Å². The zero-order valence-electron chi connectivity index (χ0n) is 19.7. The molecule has 0 radical (unpaired) electrons. The maximum Gasteiger partial charge on any atom is 0.308 e. The smallest absolute Gasteiger partial charge is 0.308 e. The minimum Gasteiger partial charge on any atom is -0.497 e. The highest BCUT2D eigenvalue weighted by Crippen LogP contribution is 2.35. The number of hydrogen-bond acceptors (Lipinski definition) is 5. The Balaban J connectivity index is 1.31. The lowest BCUT2D eigenvalue weighted by Crippen LogP contribution is -2.44. The Morgan fingerprint density at radius 1 is 1.32 bits per heavy atom. The molecule has 3 heterocycles. The van der Waals surface area contributed by atoms with E-state index in [9.17, 15) is 9.90 Å². The maximum atomic E-state index is 15.4. The average molecular weight is 485 g/mol. The van der Waals surface area contributed by atoms with Gasteiger partial charge in [0.05, 0.1) is 18.5 Å². The Hall–Kier alpha value is -2.51. The number of alkyl halides is 1. The Kier molecular flexibility index (Phi) is 8.51. The van der Waals surface area contributed by atoms with Gasteiger partial charge in [0.2, 0.25) is 0 Å². The third kappa shape index (κ3) is 6.13. The van der Waals surface area contributed by atoms with Crippen molar-refractivity contribution in [3.8, 4) is 5.75 Å². The van der Waals surface area contributed by atoms with Crippen molar-refractivity contribution in [1.82, 2.24) is 9.88 Å². The van der Waals surface area contributed by atoms with Crippen molar-refractivity contribution in [3.05, 3.63) is 58.4 Å². The molecule has 182 valence electrons. The van der Waals surface area contributed by atoms with E-state index >= 15 is 4.39 Å². The molecule has 3 aromatic rings. The lowest BCUT2D eigenvalue weighted by molar-refractivity contribution is -0.146. The summed E-state index contributed by atoms with van der Waals surface area (Å²) in [6.07, 6.45) is 5.43. The lowest BCUT2D eigenvalue weighted by Gasteiger charge is -2.37. The van der Waals surface area contributed by atoms with Gasteiger partial charge in [-0.15, -0.1) is 11.3 Å². The summed E-state index contributed by atoms with van der Waals surface area (Å²) in [6, 6.07) is 11.4. The van der Waals surface area contributed by atoms with Crippen molar-refractivity contribution in [2.75, 3.05) is 26.7 Å². The number of aryl methyl sites for hydroxylation is 1. The van der Waals surface area contributed by atoms with Gasteiger partial charge in [-0.2, -0.15) is 0 Å². The van der Waals surface area contributed by atoms with Crippen molar-refractivity contribution < 1.29 is 19.0 Å². The predicted molar refractivity (Wildman–Crippen MR) is 134 cm³/mol. The topological polar surface area (TPSA) is 62.7 Å². The number of ether oxygens (including phenoxy) is 1. The number of aliphatic carboxylic acids is 1. The summed E-state index contributed by atoms with van der Waals surface area (Å²) in [5.41, 5.74) is 1.33. The molecule has 0 unspecified atom stereocenters. The lowest BCUT2D eigenvalue weighted by atomic mass is 9.81. The number of thiophene rings is 1. The fourth-order valence-corrected chi connectivity index (χ4v) is 5.80. The van der Waals surface area contributed by atoms with Crippen LogP contribution in [0.4, 0.5) is 4.39 Å². The maximum absolute atomic E-state index is 15.4. The van der Waals surface area contributed by atoms with Gasteiger partial charge in [-0.25, -0.2) is 4.39 Å². The molecule has 1 aliphatic heterocycles. The zero-order valence-corrected chi connectivity index (χ0v) is 20.5. The summed E-state index contributed by atoms with van der Waals surface area (Å²) in [7, 11) is 1.59. The van der Waals surface area contributed by atoms with Crippen LogP contribution in [0.3, 0.4) is 0 Å². The number of piperidine rings is 1. The van der Waals surface area contributed by atoms with Crippen LogP contribution < -0.4 is 4.74 Å². The summed E-state index contributed by atoms with van der Waals surface area (Å²) in [5.74, 6) is -0.529. The fraction of sp³-hybridized carbons (Fsp3) is 0.481. The SMILES string of the molecule is COc1ccc2nccc([C@H](F)CC[C@@H]3CCN(CCCCc4cccs4)C[C@@H]3C(=O)O)c2c1. The first-order valence-electron chi connectivity index (χ1n) is 12.1. The van der Waals surface area contributed by atoms with E-state index in [1.807, 2.05) is 18.2 Å². The molecule has 1 N–H and O–H groups in total. The number of methoxy groups -OCH3 is 1. The van der Waals surface area contributed by atoms with E-state index in [-0.39, 0.29) is 5.92 Å². The van der Waals surface area contributed by atoms with Crippen LogP contribution in [-0.4, -0.2) is 47.7 Å². The number of aromatic nitrogens is 1. The molecule has 34 heavy (non-hydrogen) atoms. The molecule has 1 saturated heterocycles. The molecule has 1 aliphatic rings. The van der Waals surface area contributed by atoms with Gasteiger partial charge in [-0.05, 0) is 98.8 Å². The molecule has 5 nitrogen and oxygen atoms in total. The van der Waals surface area contributed by atoms with Crippen molar-refractivity contribution in [3.63, 3.8) is 0 Å². The molecule has 0 bridgehead atoms. The number of hydrogen-bond donors (Lipinski definition) is 1. The summed E-state index contributed by atoms with van der Waals surface area (Å²) >= 11 is 1.79. The molecule has 7 heteroatoms. The highest BCUT2D eigenvalue weighted by molar-refractivity contribution is 7.09. The zero-order chi connectivity index (χ0) is 23.9. The van der Waals surface area contributed by atoms with E-state index in [0.29, 0.717) is 30.7 Å². The molecular weight excluding hydrogens is 451 g/mol. The Morgan fingerprint density at radius 2 is 2.21 bits per heavy atom. The van der Waals surface area contributed by atoms with Crippen LogP contribution in [0.15, 0.2) is 48.0 Å². The van der Waals surface area contributed by atoms with Crippen LogP contribution in [0.25, 0.3) is 10.9 Å². The van der Waals surface area contributed by atoms with E-state index in [2.05, 4.69) is 27.4 Å². The summed E-state index contributed by atoms with van der Waals surface area (Å²) in [5, 5.41) is 12.7. The molecule has 1 aromatic carbocycles. The number of rotatable bonds is 11. The fourth-order valence-electron chi connectivity index (χ4n) is 5.05. The van der Waals surface area contributed by atoms with Gasteiger partial charge in [-0.1, -0.05) is 6.07 Å². The van der Waals surface area contributed by atoms with Crippen molar-refractivity contribution >= 4 is 28.2 Å². The quantitative estimate of drug-likeness (QED) is 0.331. The van der Waals surface area contributed by atoms with E-state index in [0.717, 1.165) is 49.7 Å². The van der Waals surface area contributed by atoms with Gasteiger partial charge in [-0.3, -0.25) is 9.78 Å². The molecule has 0 amide bonds. The Labute approximate surface area is 204 Å². The van der Waals surface area contributed by atoms with Crippen molar-refractivity contribution in [2.45, 2.75) is 44.7 Å². The molecule has 3 atom stereocenters. The van der Waals surface area contributed by atoms with E-state index in [4.69, 9.17) is 4.74 Å². The molecule has 0 aliphatic carbocycles. The number of carboxylic acids is 1. The second-order valence-electron chi connectivity index (χ2n) is 9.16. The molecule has 2 aromatic heterocycles. The van der Waals surface area contributed by atoms with Gasteiger partial charge < -0.3 is 14.7 Å². The monoisotopic (exact) mass is 484 g/mol. The minimum atomic E-state index is -1.16. The summed E-state index contributed by atoms with van der Waals surface area (Å²) in [6.45, 7) is 2.38. The Morgan fingerprint density at radius 3 is 2.97 bits per heavy atom. The second-order valence-corrected chi connectivity index (χ2v) is 10.2. The summed E-state index contributed by atoms with van der Waals surface area (Å²) < 4.78 is 20.7. The van der Waals surface area contributed by atoms with Crippen molar-refractivity contribution in [2.24, 2.45) is 11.8 Å². The molecule has 0 spiro atoms. The highest BCUT2D eigenvalue weighted by Gasteiger charge is 2.34. The number of halogens is 1. The first kappa shape index (κ1) is 24.6. The van der Waals surface area contributed by atoms with E-state index < -0.39 is 18.1 Å². The third-order valence-electron chi connectivity index (χ3n) is 7.00. The number of unbranched alkanes of at least 4 members (excludes halogenated alkanes) is 1. The second kappa shape index (κ2) is 11.8. The Bertz CT molecular complexity index is 1070. The van der Waals surface area contributed by atoms with Crippen molar-refractivity contribution in [1.29, 1.82) is 0 Å². The van der Waals surface area contributed by atoms with E-state index in [1.54, 1.807) is 30.7 Å². The molecule has 4 rings (SSSR count). The minimum absolute atomic E-state index is 0.000700. The standard InChI is InChI=1S/C27H33FN2O3S/c1-33-20-8-10-26-23(17-20)22(11-13-29-26)25(28)9-7-19-12-15-30(18-24(19)27(31)32)14-3-2-5-21-6-4-16-34-21/h4,6,8,10-11,13,16-17,19,24-25H,2-3,5,7,9,12,14-15,18H2,1H3,(H,31,32)/t19-,24+,25-/m1/s1. The first-order chi connectivity index (χ1) is 16.5. The number of carbonyl (C=O) groups is 1.